The average molecular weight is 372 g/mol. The minimum Gasteiger partial charge on any atom is -0.376 e. The van der Waals surface area contributed by atoms with Crippen LogP contribution in [-0.2, 0) is 4.79 Å². The van der Waals surface area contributed by atoms with E-state index >= 15 is 0 Å². The van der Waals surface area contributed by atoms with Crippen LogP contribution >= 0.6 is 15.9 Å². The minimum atomic E-state index is -0.193. The van der Waals surface area contributed by atoms with Crippen LogP contribution in [0.3, 0.4) is 0 Å². The molecule has 2 rings (SSSR count). The zero-order chi connectivity index (χ0) is 16.5. The van der Waals surface area contributed by atoms with Gasteiger partial charge in [0.15, 0.2) is 0 Å². The summed E-state index contributed by atoms with van der Waals surface area (Å²) in [4.78, 5) is 11.7. The van der Waals surface area contributed by atoms with Gasteiger partial charge in [-0.2, -0.15) is 5.10 Å². The van der Waals surface area contributed by atoms with Crippen molar-refractivity contribution in [2.24, 2.45) is 5.10 Å². The van der Waals surface area contributed by atoms with Gasteiger partial charge in [0.2, 0.25) is 0 Å². The summed E-state index contributed by atoms with van der Waals surface area (Å²) in [6, 6.07) is 15.7. The number of halogens is 1. The van der Waals surface area contributed by atoms with Gasteiger partial charge in [0.25, 0.3) is 5.91 Å². The number of benzene rings is 2. The van der Waals surface area contributed by atoms with Gasteiger partial charge in [-0.25, -0.2) is 5.43 Å². The van der Waals surface area contributed by atoms with Crippen LogP contribution in [0.15, 0.2) is 64.2 Å². The number of hydrogen-bond donors (Lipinski definition) is 2. The third-order valence-corrected chi connectivity index (χ3v) is 3.62. The molecule has 2 aromatic carbocycles. The van der Waals surface area contributed by atoms with Crippen LogP contribution in [-0.4, -0.2) is 18.7 Å². The average Bonchev–Trinajstić information content (AvgIpc) is 2.55. The van der Waals surface area contributed by atoms with Crippen LogP contribution in [0.25, 0.3) is 6.08 Å². The molecule has 1 amide bonds. The van der Waals surface area contributed by atoms with Crippen molar-refractivity contribution < 1.29 is 4.79 Å². The summed E-state index contributed by atoms with van der Waals surface area (Å²) in [7, 11) is 0. The number of allylic oxidation sites excluding steroid dienone is 1. The number of anilines is 1. The van der Waals surface area contributed by atoms with Crippen LogP contribution in [0.5, 0.6) is 0 Å². The number of hydrazone groups is 1. The number of aryl methyl sites for hydroxylation is 1. The normalized spacial score (nSPS) is 11.0. The predicted octanol–water partition coefficient (Wildman–Crippen LogP) is 3.98. The van der Waals surface area contributed by atoms with E-state index in [1.54, 1.807) is 12.3 Å². The van der Waals surface area contributed by atoms with Crippen molar-refractivity contribution in [2.45, 2.75) is 6.92 Å². The Morgan fingerprint density at radius 3 is 2.65 bits per heavy atom. The van der Waals surface area contributed by atoms with E-state index in [0.29, 0.717) is 0 Å². The predicted molar refractivity (Wildman–Crippen MR) is 99.5 cm³/mol. The molecule has 4 nitrogen and oxygen atoms in total. The Kier molecular flexibility index (Phi) is 6.56. The molecule has 0 radical (unpaired) electrons. The molecule has 0 aromatic heterocycles. The Hall–Kier alpha value is -2.40. The van der Waals surface area contributed by atoms with E-state index < -0.39 is 0 Å². The van der Waals surface area contributed by atoms with Gasteiger partial charge in [-0.1, -0.05) is 52.3 Å². The van der Waals surface area contributed by atoms with Gasteiger partial charge in [-0.15, -0.1) is 0 Å². The SMILES string of the molecule is Cc1ccccc1NCC(=O)N/N=C\C=C\c1ccc(Br)cc1. The lowest BCUT2D eigenvalue weighted by Crippen LogP contribution is -2.25. The first-order chi connectivity index (χ1) is 11.1. The molecule has 118 valence electrons. The molecule has 0 aliphatic carbocycles. The first-order valence-electron chi connectivity index (χ1n) is 7.19. The number of carbonyl (C=O) groups excluding carboxylic acids is 1. The second-order valence-electron chi connectivity index (χ2n) is 4.89. The molecule has 23 heavy (non-hydrogen) atoms. The summed E-state index contributed by atoms with van der Waals surface area (Å²) in [5, 5.41) is 6.95. The largest absolute Gasteiger partial charge is 0.376 e. The fraction of sp³-hybridized carbons (Fsp3) is 0.111. The molecule has 0 unspecified atom stereocenters. The number of para-hydroxylation sites is 1. The van der Waals surface area contributed by atoms with Crippen molar-refractivity contribution in [1.82, 2.24) is 5.43 Å². The van der Waals surface area contributed by atoms with Crippen LogP contribution in [0.2, 0.25) is 0 Å². The van der Waals surface area contributed by atoms with Gasteiger partial charge in [-0.3, -0.25) is 4.79 Å². The Morgan fingerprint density at radius 1 is 1.17 bits per heavy atom. The maximum absolute atomic E-state index is 11.7. The van der Waals surface area contributed by atoms with E-state index in [2.05, 4.69) is 31.8 Å². The van der Waals surface area contributed by atoms with E-state index in [1.807, 2.05) is 61.5 Å². The minimum absolute atomic E-state index is 0.179. The molecule has 2 aromatic rings. The van der Waals surface area contributed by atoms with Crippen molar-refractivity contribution in [3.05, 3.63) is 70.2 Å². The lowest BCUT2D eigenvalue weighted by atomic mass is 10.2. The van der Waals surface area contributed by atoms with Gasteiger partial charge >= 0.3 is 0 Å². The number of nitrogens with one attached hydrogen (secondary N) is 2. The van der Waals surface area contributed by atoms with Crippen LogP contribution in [0.4, 0.5) is 5.69 Å². The van der Waals surface area contributed by atoms with Gasteiger partial charge in [0.05, 0.1) is 6.54 Å². The molecular formula is C18H18BrN3O. The number of hydrogen-bond acceptors (Lipinski definition) is 3. The standard InChI is InChI=1S/C18H18BrN3O/c1-14-5-2-3-7-17(14)20-13-18(23)22-21-12-4-6-15-8-10-16(19)11-9-15/h2-12,20H,13H2,1H3,(H,22,23)/b6-4+,21-12-. The Bertz CT molecular complexity index is 708. The van der Waals surface area contributed by atoms with Crippen molar-refractivity contribution in [1.29, 1.82) is 0 Å². The van der Waals surface area contributed by atoms with E-state index in [-0.39, 0.29) is 12.5 Å². The van der Waals surface area contributed by atoms with E-state index in [9.17, 15) is 4.79 Å². The Morgan fingerprint density at radius 2 is 1.91 bits per heavy atom. The highest BCUT2D eigenvalue weighted by atomic mass is 79.9. The van der Waals surface area contributed by atoms with Crippen molar-refractivity contribution in [2.75, 3.05) is 11.9 Å². The summed E-state index contributed by atoms with van der Waals surface area (Å²) in [6.45, 7) is 2.17. The third-order valence-electron chi connectivity index (χ3n) is 3.09. The van der Waals surface area contributed by atoms with E-state index in [1.165, 1.54) is 0 Å². The highest BCUT2D eigenvalue weighted by Gasteiger charge is 2.00. The zero-order valence-corrected chi connectivity index (χ0v) is 14.4. The molecule has 0 fully saturated rings. The van der Waals surface area contributed by atoms with Crippen LogP contribution < -0.4 is 10.7 Å². The van der Waals surface area contributed by atoms with Crippen molar-refractivity contribution in [3.8, 4) is 0 Å². The third kappa shape index (κ3) is 6.08. The molecule has 0 atom stereocenters. The van der Waals surface area contributed by atoms with Crippen molar-refractivity contribution in [3.63, 3.8) is 0 Å². The van der Waals surface area contributed by atoms with Crippen molar-refractivity contribution >= 4 is 39.8 Å². The Balaban J connectivity index is 1.73. The molecule has 0 saturated carbocycles. The summed E-state index contributed by atoms with van der Waals surface area (Å²) < 4.78 is 1.04. The van der Waals surface area contributed by atoms with E-state index in [0.717, 1.165) is 21.3 Å². The molecule has 0 aliphatic heterocycles. The van der Waals surface area contributed by atoms with Gasteiger partial charge in [0.1, 0.15) is 0 Å². The smallest absolute Gasteiger partial charge is 0.259 e. The first-order valence-corrected chi connectivity index (χ1v) is 7.98. The maximum atomic E-state index is 11.7. The van der Waals surface area contributed by atoms with Gasteiger partial charge in [0, 0.05) is 16.4 Å². The summed E-state index contributed by atoms with van der Waals surface area (Å²) in [6.07, 6.45) is 5.24. The number of carbonyl (C=O) groups is 1. The maximum Gasteiger partial charge on any atom is 0.259 e. The fourth-order valence-corrected chi connectivity index (χ4v) is 2.13. The number of nitrogens with zero attached hydrogens (tertiary/aromatic N) is 1. The molecule has 5 heteroatoms. The molecule has 0 saturated heterocycles. The van der Waals surface area contributed by atoms with Gasteiger partial charge in [-0.05, 0) is 42.3 Å². The highest BCUT2D eigenvalue weighted by Crippen LogP contribution is 2.12. The zero-order valence-electron chi connectivity index (χ0n) is 12.8. The second-order valence-corrected chi connectivity index (χ2v) is 5.81. The summed E-state index contributed by atoms with van der Waals surface area (Å²) in [5.41, 5.74) is 5.58. The van der Waals surface area contributed by atoms with Crippen LogP contribution in [0.1, 0.15) is 11.1 Å². The topological polar surface area (TPSA) is 53.5 Å². The molecular weight excluding hydrogens is 354 g/mol. The second kappa shape index (κ2) is 8.90. The quantitative estimate of drug-likeness (QED) is 0.595. The lowest BCUT2D eigenvalue weighted by Gasteiger charge is -2.07. The molecule has 0 bridgehead atoms. The monoisotopic (exact) mass is 371 g/mol. The summed E-state index contributed by atoms with van der Waals surface area (Å²) >= 11 is 3.39. The van der Waals surface area contributed by atoms with Crippen LogP contribution in [0, 0.1) is 6.92 Å². The van der Waals surface area contributed by atoms with E-state index in [4.69, 9.17) is 0 Å². The molecule has 0 heterocycles. The van der Waals surface area contributed by atoms with Gasteiger partial charge < -0.3 is 5.32 Å². The Labute approximate surface area is 144 Å². The summed E-state index contributed by atoms with van der Waals surface area (Å²) in [5.74, 6) is -0.193. The molecule has 0 aliphatic rings. The fourth-order valence-electron chi connectivity index (χ4n) is 1.87. The molecule has 0 spiro atoms. The highest BCUT2D eigenvalue weighted by molar-refractivity contribution is 9.10. The lowest BCUT2D eigenvalue weighted by molar-refractivity contribution is -0.119. The number of rotatable bonds is 6. The molecule has 2 N–H and O–H groups in total. The first kappa shape index (κ1) is 17.0. The number of amides is 1.